The highest BCUT2D eigenvalue weighted by atomic mass is 35.5. The van der Waals surface area contributed by atoms with Crippen LogP contribution in [0.1, 0.15) is 46.5 Å². The number of nitrogens with zero attached hydrogens (tertiary/aromatic N) is 2. The summed E-state index contributed by atoms with van der Waals surface area (Å²) in [7, 11) is 1.36. The first-order chi connectivity index (χ1) is 16.8. The number of carbonyl (C=O) groups is 3. The van der Waals surface area contributed by atoms with Crippen molar-refractivity contribution in [2.24, 2.45) is 5.84 Å². The molecule has 2 heterocycles. The summed E-state index contributed by atoms with van der Waals surface area (Å²) in [5.41, 5.74) is 0.284. The van der Waals surface area contributed by atoms with E-state index < -0.39 is 23.3 Å². The third-order valence-electron chi connectivity index (χ3n) is 6.54. The molecule has 2 fully saturated rings. The van der Waals surface area contributed by atoms with Crippen molar-refractivity contribution in [3.8, 4) is 0 Å². The van der Waals surface area contributed by atoms with E-state index in [-0.39, 0.29) is 28.3 Å². The van der Waals surface area contributed by atoms with Gasteiger partial charge in [-0.15, -0.1) is 0 Å². The Morgan fingerprint density at radius 3 is 2.69 bits per heavy atom. The maximum Gasteiger partial charge on any atom is 0.313 e. The van der Waals surface area contributed by atoms with Crippen LogP contribution in [0, 0.1) is 5.82 Å². The molecule has 10 nitrogen and oxygen atoms in total. The number of halogens is 2. The number of esters is 1. The van der Waals surface area contributed by atoms with E-state index >= 15 is 0 Å². The van der Waals surface area contributed by atoms with Gasteiger partial charge in [0.15, 0.2) is 0 Å². The van der Waals surface area contributed by atoms with Gasteiger partial charge in [-0.05, 0) is 51.8 Å². The zero-order valence-electron chi connectivity index (χ0n) is 21.0. The maximum absolute atomic E-state index is 13.6. The van der Waals surface area contributed by atoms with Gasteiger partial charge in [0.05, 0.1) is 17.8 Å². The van der Waals surface area contributed by atoms with Gasteiger partial charge < -0.3 is 25.7 Å². The largest absolute Gasteiger partial charge is 0.469 e. The summed E-state index contributed by atoms with van der Waals surface area (Å²) >= 11 is 5.66. The van der Waals surface area contributed by atoms with E-state index in [0.717, 1.165) is 11.8 Å². The highest BCUT2D eigenvalue weighted by Gasteiger charge is 2.52. The summed E-state index contributed by atoms with van der Waals surface area (Å²) in [6.07, 6.45) is 3.86. The van der Waals surface area contributed by atoms with Crippen molar-refractivity contribution in [1.82, 2.24) is 20.5 Å². The molecule has 1 aromatic carbocycles. The number of nitrogens with one attached hydrogen (secondary N) is 3. The lowest BCUT2D eigenvalue weighted by molar-refractivity contribution is -0.140. The molecule has 0 radical (unpaired) electrons. The predicted molar refractivity (Wildman–Crippen MR) is 134 cm³/mol. The fraction of sp³-hybridized carbons (Fsp3) is 0.542. The minimum atomic E-state index is -0.882. The van der Waals surface area contributed by atoms with E-state index in [2.05, 4.69) is 39.4 Å². The van der Waals surface area contributed by atoms with Gasteiger partial charge in [0.2, 0.25) is 0 Å². The van der Waals surface area contributed by atoms with Crippen LogP contribution in [0.15, 0.2) is 30.1 Å². The molecular weight excluding hydrogens is 491 g/mol. The first-order valence-corrected chi connectivity index (χ1v) is 12.1. The monoisotopic (exact) mass is 524 g/mol. The fourth-order valence-electron chi connectivity index (χ4n) is 5.07. The molecule has 0 bridgehead atoms. The van der Waals surface area contributed by atoms with E-state index in [9.17, 15) is 18.8 Å². The fourth-order valence-corrected chi connectivity index (χ4v) is 5.18. The molecule has 2 unspecified atom stereocenters. The van der Waals surface area contributed by atoms with Crippen molar-refractivity contribution in [2.45, 2.75) is 63.7 Å². The Labute approximate surface area is 215 Å². The van der Waals surface area contributed by atoms with Crippen molar-refractivity contribution in [2.75, 3.05) is 25.5 Å². The van der Waals surface area contributed by atoms with E-state index in [0.29, 0.717) is 38.8 Å². The number of anilines is 1. The lowest BCUT2D eigenvalue weighted by Crippen LogP contribution is -2.66. The minimum Gasteiger partial charge on any atom is -0.469 e. The van der Waals surface area contributed by atoms with Gasteiger partial charge in [0.25, 0.3) is 0 Å². The predicted octanol–water partition coefficient (Wildman–Crippen LogP) is 2.07. The lowest BCUT2D eigenvalue weighted by atomic mass is 9.81. The van der Waals surface area contributed by atoms with Crippen molar-refractivity contribution in [3.63, 3.8) is 0 Å². The quantitative estimate of drug-likeness (QED) is 0.185. The average Bonchev–Trinajstić information content (AvgIpc) is 3.12. The molecule has 1 aromatic rings. The molecule has 3 rings (SSSR count). The highest BCUT2D eigenvalue weighted by Crippen LogP contribution is 2.41. The number of piperidine rings is 1. The third-order valence-corrected chi connectivity index (χ3v) is 6.85. The van der Waals surface area contributed by atoms with Gasteiger partial charge in [-0.3, -0.25) is 19.3 Å². The second kappa shape index (κ2) is 11.0. The van der Waals surface area contributed by atoms with Gasteiger partial charge in [-0.25, -0.2) is 10.2 Å². The van der Waals surface area contributed by atoms with Crippen LogP contribution in [0.25, 0.3) is 0 Å². The first-order valence-electron chi connectivity index (χ1n) is 11.7. The van der Waals surface area contributed by atoms with Gasteiger partial charge in [0, 0.05) is 55.1 Å². The summed E-state index contributed by atoms with van der Waals surface area (Å²) < 4.78 is 18.3. The van der Waals surface area contributed by atoms with Crippen LogP contribution in [-0.2, 0) is 19.1 Å². The molecule has 0 aromatic heterocycles. The van der Waals surface area contributed by atoms with Gasteiger partial charge >= 0.3 is 17.8 Å². The number of amides is 2. The number of rotatable bonds is 7. The Bertz CT molecular complexity index is 1050. The number of carbonyl (C=O) groups excluding carboxylic acids is 3. The molecule has 12 heteroatoms. The number of benzene rings is 1. The molecule has 0 aliphatic carbocycles. The minimum absolute atomic E-state index is 0.0730. The zero-order chi connectivity index (χ0) is 26.7. The van der Waals surface area contributed by atoms with E-state index in [1.807, 2.05) is 13.1 Å². The number of fused-ring (bicyclic) bond motifs is 1. The molecule has 0 saturated carbocycles. The molecule has 2 aliphatic rings. The Hall–Kier alpha value is -2.89. The van der Waals surface area contributed by atoms with Crippen LogP contribution in [0.4, 0.5) is 10.1 Å². The molecule has 0 spiro atoms. The number of ether oxygens (including phenoxy) is 1. The van der Waals surface area contributed by atoms with Crippen LogP contribution >= 0.6 is 11.6 Å². The van der Waals surface area contributed by atoms with Crippen LogP contribution in [0.2, 0.25) is 5.02 Å². The zero-order valence-corrected chi connectivity index (χ0v) is 21.7. The first kappa shape index (κ1) is 27.7. The Morgan fingerprint density at radius 1 is 1.31 bits per heavy atom. The topological polar surface area (TPSA) is 129 Å². The Morgan fingerprint density at radius 2 is 2.03 bits per heavy atom. The number of methoxy groups -OCH3 is 1. The number of hydrazine groups is 1. The van der Waals surface area contributed by atoms with Crippen molar-refractivity contribution in [1.29, 1.82) is 0 Å². The maximum atomic E-state index is 13.6. The number of hydrogen-bond acceptors (Lipinski definition) is 8. The SMILES string of the molecule is COC(=O)CCCN(N)/C=C1/CN2C(C)(C)CC(NC(=O)C(=O)Nc3ccc(Cl)c(F)c3)CC2(C)N1. The van der Waals surface area contributed by atoms with Gasteiger partial charge in [-0.1, -0.05) is 11.6 Å². The van der Waals surface area contributed by atoms with Crippen molar-refractivity contribution >= 4 is 35.1 Å². The molecule has 2 atom stereocenters. The third kappa shape index (κ3) is 6.65. The average molecular weight is 525 g/mol. The highest BCUT2D eigenvalue weighted by molar-refractivity contribution is 6.39. The lowest BCUT2D eigenvalue weighted by Gasteiger charge is -2.52. The van der Waals surface area contributed by atoms with Crippen LogP contribution in [0.3, 0.4) is 0 Å². The molecule has 36 heavy (non-hydrogen) atoms. The Kier molecular flexibility index (Phi) is 8.48. The molecular formula is C24H34ClFN6O4. The smallest absolute Gasteiger partial charge is 0.313 e. The standard InChI is InChI=1S/C24H34ClFN6O4/c1-23(2)11-16(29-22(35)21(34)28-15-7-8-18(25)19(26)10-15)12-24(3)30-17(14-32(23)24)13-31(27)9-5-6-20(33)36-4/h7-8,10,13,16,30H,5-6,9,11-12,14,27H2,1-4H3,(H,28,34)(H,29,35)/b17-13-. The second-order valence-electron chi connectivity index (χ2n) is 10.0. The van der Waals surface area contributed by atoms with Crippen LogP contribution in [-0.4, -0.2) is 65.1 Å². The second-order valence-corrected chi connectivity index (χ2v) is 10.4. The van der Waals surface area contributed by atoms with Crippen molar-refractivity contribution in [3.05, 3.63) is 40.9 Å². The van der Waals surface area contributed by atoms with Gasteiger partial charge in [-0.2, -0.15) is 0 Å². The molecule has 2 saturated heterocycles. The van der Waals surface area contributed by atoms with E-state index in [1.165, 1.54) is 19.2 Å². The Balaban J connectivity index is 1.61. The van der Waals surface area contributed by atoms with Crippen LogP contribution < -0.4 is 21.8 Å². The molecule has 5 N–H and O–H groups in total. The molecule has 198 valence electrons. The normalized spacial score (nSPS) is 24.0. The summed E-state index contributed by atoms with van der Waals surface area (Å²) in [5.74, 6) is 3.46. The molecule has 2 amide bonds. The summed E-state index contributed by atoms with van der Waals surface area (Å²) in [6.45, 7) is 7.34. The van der Waals surface area contributed by atoms with E-state index in [4.69, 9.17) is 17.4 Å². The van der Waals surface area contributed by atoms with E-state index in [1.54, 1.807) is 5.01 Å². The molecule has 2 aliphatic heterocycles. The van der Waals surface area contributed by atoms with Gasteiger partial charge in [0.1, 0.15) is 5.82 Å². The summed E-state index contributed by atoms with van der Waals surface area (Å²) in [6, 6.07) is 3.51. The summed E-state index contributed by atoms with van der Waals surface area (Å²) in [4.78, 5) is 38.6. The van der Waals surface area contributed by atoms with Crippen LogP contribution in [0.5, 0.6) is 0 Å². The van der Waals surface area contributed by atoms with Crippen molar-refractivity contribution < 1.29 is 23.5 Å². The number of nitrogens with two attached hydrogens (primary N) is 1. The number of hydrogen-bond donors (Lipinski definition) is 4. The summed E-state index contributed by atoms with van der Waals surface area (Å²) in [5, 5.41) is 10.2.